The highest BCUT2D eigenvalue weighted by Crippen LogP contribution is 2.20. The first kappa shape index (κ1) is 26.0. The first-order valence-corrected chi connectivity index (χ1v) is 9.69. The van der Waals surface area contributed by atoms with E-state index in [2.05, 4.69) is 57.6 Å². The minimum Gasteiger partial charge on any atom is -0.339 e. The zero-order chi connectivity index (χ0) is 17.8. The summed E-state index contributed by atoms with van der Waals surface area (Å²) in [5.41, 5.74) is 1.38. The molecule has 2 aliphatic rings. The van der Waals surface area contributed by atoms with Crippen molar-refractivity contribution in [3.05, 3.63) is 48.0 Å². The Kier molecular flexibility index (Phi) is 11.3. The Labute approximate surface area is 192 Å². The maximum atomic E-state index is 12.6. The van der Waals surface area contributed by atoms with Crippen LogP contribution in [0, 0.1) is 0 Å². The van der Waals surface area contributed by atoms with Crippen LogP contribution in [0.3, 0.4) is 0 Å². The molecular formula is C21H31Cl3N4O. The van der Waals surface area contributed by atoms with Crippen molar-refractivity contribution >= 4 is 53.9 Å². The number of hydrogen-bond acceptors (Lipinski definition) is 4. The second-order valence-electron chi connectivity index (χ2n) is 7.32. The Hall–Kier alpha value is -1.08. The Morgan fingerprint density at radius 2 is 1.45 bits per heavy atom. The molecule has 0 radical (unpaired) electrons. The fourth-order valence-corrected chi connectivity index (χ4v) is 3.99. The molecule has 0 unspecified atom stereocenters. The third-order valence-electron chi connectivity index (χ3n) is 5.57. The van der Waals surface area contributed by atoms with Crippen LogP contribution in [0.4, 0.5) is 0 Å². The molecule has 0 atom stereocenters. The average Bonchev–Trinajstić information content (AvgIpc) is 2.70. The highest BCUT2D eigenvalue weighted by Gasteiger charge is 2.23. The van der Waals surface area contributed by atoms with Crippen molar-refractivity contribution in [3.63, 3.8) is 0 Å². The second-order valence-corrected chi connectivity index (χ2v) is 7.32. The number of piperazine rings is 2. The molecule has 2 aliphatic heterocycles. The summed E-state index contributed by atoms with van der Waals surface area (Å²) in [7, 11) is 0. The predicted octanol–water partition coefficient (Wildman–Crippen LogP) is 2.65. The van der Waals surface area contributed by atoms with Gasteiger partial charge in [0, 0.05) is 58.9 Å². The van der Waals surface area contributed by atoms with E-state index in [0.29, 0.717) is 6.54 Å². The molecule has 0 bridgehead atoms. The van der Waals surface area contributed by atoms with Crippen LogP contribution < -0.4 is 5.32 Å². The van der Waals surface area contributed by atoms with Crippen LogP contribution in [-0.4, -0.2) is 79.5 Å². The molecule has 2 saturated heterocycles. The molecule has 5 nitrogen and oxygen atoms in total. The van der Waals surface area contributed by atoms with Crippen molar-refractivity contribution in [2.24, 2.45) is 0 Å². The largest absolute Gasteiger partial charge is 0.339 e. The lowest BCUT2D eigenvalue weighted by Crippen LogP contribution is -2.53. The van der Waals surface area contributed by atoms with Crippen LogP contribution >= 0.6 is 37.2 Å². The van der Waals surface area contributed by atoms with E-state index in [1.54, 1.807) is 0 Å². The Morgan fingerprint density at radius 3 is 2.17 bits per heavy atom. The highest BCUT2D eigenvalue weighted by molar-refractivity contribution is 5.86. The third-order valence-corrected chi connectivity index (χ3v) is 5.57. The van der Waals surface area contributed by atoms with Crippen molar-refractivity contribution in [2.45, 2.75) is 6.54 Å². The quantitative estimate of drug-likeness (QED) is 0.760. The van der Waals surface area contributed by atoms with Gasteiger partial charge in [-0.1, -0.05) is 42.5 Å². The molecule has 2 heterocycles. The van der Waals surface area contributed by atoms with Crippen molar-refractivity contribution in [3.8, 4) is 0 Å². The zero-order valence-electron chi connectivity index (χ0n) is 16.6. The predicted molar refractivity (Wildman–Crippen MR) is 127 cm³/mol. The molecule has 0 aliphatic carbocycles. The summed E-state index contributed by atoms with van der Waals surface area (Å²) in [5.74, 6) is 0.289. The lowest BCUT2D eigenvalue weighted by molar-refractivity contribution is -0.134. The molecule has 2 fully saturated rings. The normalized spacial score (nSPS) is 17.7. The highest BCUT2D eigenvalue weighted by atomic mass is 35.5. The number of carbonyl (C=O) groups is 1. The van der Waals surface area contributed by atoms with Gasteiger partial charge >= 0.3 is 0 Å². The molecule has 8 heteroatoms. The van der Waals surface area contributed by atoms with E-state index in [1.807, 2.05) is 4.90 Å². The molecule has 2 aromatic rings. The van der Waals surface area contributed by atoms with Gasteiger partial charge in [0.2, 0.25) is 5.91 Å². The number of nitrogens with zero attached hydrogens (tertiary/aromatic N) is 3. The lowest BCUT2D eigenvalue weighted by Gasteiger charge is -2.36. The summed E-state index contributed by atoms with van der Waals surface area (Å²) in [6.07, 6.45) is 0. The van der Waals surface area contributed by atoms with E-state index in [4.69, 9.17) is 0 Å². The number of hydrogen-bond donors (Lipinski definition) is 1. The minimum atomic E-state index is 0. The van der Waals surface area contributed by atoms with Crippen LogP contribution in [0.2, 0.25) is 0 Å². The Balaban J connectivity index is 0.00000140. The Morgan fingerprint density at radius 1 is 0.793 bits per heavy atom. The molecule has 0 saturated carbocycles. The van der Waals surface area contributed by atoms with Crippen molar-refractivity contribution < 1.29 is 4.79 Å². The van der Waals surface area contributed by atoms with Crippen molar-refractivity contribution in [1.29, 1.82) is 0 Å². The molecule has 1 N–H and O–H groups in total. The van der Waals surface area contributed by atoms with E-state index in [-0.39, 0.29) is 43.1 Å². The van der Waals surface area contributed by atoms with Gasteiger partial charge < -0.3 is 10.2 Å². The van der Waals surface area contributed by atoms with Gasteiger partial charge in [0.25, 0.3) is 0 Å². The lowest BCUT2D eigenvalue weighted by atomic mass is 10.0. The number of rotatable bonds is 4. The first-order valence-electron chi connectivity index (χ1n) is 9.69. The molecule has 29 heavy (non-hydrogen) atoms. The van der Waals surface area contributed by atoms with Crippen molar-refractivity contribution in [1.82, 2.24) is 20.0 Å². The number of halogens is 3. The average molecular weight is 462 g/mol. The molecule has 2 aromatic carbocycles. The van der Waals surface area contributed by atoms with Crippen LogP contribution in [0.25, 0.3) is 10.8 Å². The number of benzene rings is 2. The van der Waals surface area contributed by atoms with Gasteiger partial charge in [0.1, 0.15) is 0 Å². The van der Waals surface area contributed by atoms with Gasteiger partial charge in [0.15, 0.2) is 0 Å². The molecular weight excluding hydrogens is 431 g/mol. The van der Waals surface area contributed by atoms with Gasteiger partial charge in [-0.05, 0) is 16.3 Å². The number of carbonyl (C=O) groups excluding carboxylic acids is 1. The smallest absolute Gasteiger partial charge is 0.236 e. The maximum absolute atomic E-state index is 12.6. The molecule has 0 spiro atoms. The van der Waals surface area contributed by atoms with E-state index < -0.39 is 0 Å². The minimum absolute atomic E-state index is 0. The topological polar surface area (TPSA) is 38.8 Å². The fraction of sp³-hybridized carbons (Fsp3) is 0.476. The van der Waals surface area contributed by atoms with Crippen LogP contribution in [0.5, 0.6) is 0 Å². The van der Waals surface area contributed by atoms with Gasteiger partial charge in [-0.25, -0.2) is 0 Å². The van der Waals surface area contributed by atoms with Gasteiger partial charge in [-0.2, -0.15) is 0 Å². The fourth-order valence-electron chi connectivity index (χ4n) is 3.99. The van der Waals surface area contributed by atoms with E-state index in [9.17, 15) is 4.79 Å². The maximum Gasteiger partial charge on any atom is 0.236 e. The number of nitrogens with one attached hydrogen (secondary N) is 1. The summed E-state index contributed by atoms with van der Waals surface area (Å²) in [5, 5.41) is 5.98. The van der Waals surface area contributed by atoms with E-state index in [1.165, 1.54) is 16.3 Å². The monoisotopic (exact) mass is 460 g/mol. The molecule has 162 valence electrons. The second kappa shape index (κ2) is 12.6. The van der Waals surface area contributed by atoms with Crippen LogP contribution in [-0.2, 0) is 11.3 Å². The van der Waals surface area contributed by atoms with E-state index >= 15 is 0 Å². The summed E-state index contributed by atoms with van der Waals surface area (Å²) >= 11 is 0. The summed E-state index contributed by atoms with van der Waals surface area (Å²) < 4.78 is 0. The van der Waals surface area contributed by atoms with E-state index in [0.717, 1.165) is 58.9 Å². The van der Waals surface area contributed by atoms with Crippen LogP contribution in [0.15, 0.2) is 42.5 Å². The SMILES string of the molecule is Cl.Cl.Cl.O=C(CN1CCNCC1)N1CCN(Cc2cccc3ccccc23)CC1. The standard InChI is InChI=1S/C21H28N4O.3ClH/c26-21(17-23-10-8-22-9-11-23)25-14-12-24(13-15-25)16-19-6-3-5-18-4-1-2-7-20(18)19;;;/h1-7,22H,8-17H2;3*1H. The summed E-state index contributed by atoms with van der Waals surface area (Å²) in [6, 6.07) is 15.1. The molecule has 0 aromatic heterocycles. The molecule has 1 amide bonds. The Bertz CT molecular complexity index is 757. The molecule has 4 rings (SSSR count). The van der Waals surface area contributed by atoms with Gasteiger partial charge in [-0.15, -0.1) is 37.2 Å². The number of fused-ring (bicyclic) bond motifs is 1. The summed E-state index contributed by atoms with van der Waals surface area (Å²) in [4.78, 5) is 19.3. The van der Waals surface area contributed by atoms with Gasteiger partial charge in [0.05, 0.1) is 6.54 Å². The van der Waals surface area contributed by atoms with Crippen molar-refractivity contribution in [2.75, 3.05) is 58.9 Å². The first-order chi connectivity index (χ1) is 12.8. The summed E-state index contributed by atoms with van der Waals surface area (Å²) in [6.45, 7) is 9.07. The van der Waals surface area contributed by atoms with Gasteiger partial charge in [-0.3, -0.25) is 14.6 Å². The van der Waals surface area contributed by atoms with Crippen LogP contribution in [0.1, 0.15) is 5.56 Å². The zero-order valence-corrected chi connectivity index (χ0v) is 19.0. The number of amides is 1. The third kappa shape index (κ3) is 6.71.